The minimum atomic E-state index is -0.545. The molecular weight excluding hydrogens is 270 g/mol. The third-order valence-electron chi connectivity index (χ3n) is 2.96. The minimum Gasteiger partial charge on any atom is -0.288 e. The molecule has 1 aromatic carbocycles. The van der Waals surface area contributed by atoms with Crippen molar-refractivity contribution in [2.24, 2.45) is 7.05 Å². The van der Waals surface area contributed by atoms with Crippen molar-refractivity contribution >= 4 is 23.3 Å². The maximum atomic E-state index is 12.0. The Morgan fingerprint density at radius 2 is 1.86 bits per heavy atom. The topological polar surface area (TPSA) is 93.5 Å². The minimum absolute atomic E-state index is 0.0832. The number of hydrogen-bond donors (Lipinski definition) is 1. The number of benzene rings is 1. The number of rotatable bonds is 2. The number of H-pyrrole nitrogens is 1. The summed E-state index contributed by atoms with van der Waals surface area (Å²) in [5, 5.41) is 7.69. The molecule has 0 radical (unpaired) electrons. The molecule has 0 atom stereocenters. The standard InChI is InChI=1S/C14H11N5O2/c1-19-13(20)11-12(16-14(19)21)18-17-10(15-11)8-7-9-5-3-2-4-6-9/h2-8H,1H3,(H,16,18,21)/b8-7+. The fourth-order valence-corrected chi connectivity index (χ4v) is 1.81. The Kier molecular flexibility index (Phi) is 3.15. The summed E-state index contributed by atoms with van der Waals surface area (Å²) in [6.07, 6.45) is 3.48. The molecule has 7 nitrogen and oxygen atoms in total. The predicted octanol–water partition coefficient (Wildman–Crippen LogP) is 0.582. The largest absolute Gasteiger partial charge is 0.329 e. The molecule has 0 unspecified atom stereocenters. The average Bonchev–Trinajstić information content (AvgIpc) is 2.52. The molecule has 0 aliphatic heterocycles. The number of fused-ring (bicyclic) bond motifs is 1. The molecule has 0 fully saturated rings. The van der Waals surface area contributed by atoms with Crippen molar-refractivity contribution in [2.75, 3.05) is 0 Å². The van der Waals surface area contributed by atoms with Crippen LogP contribution in [0, 0.1) is 0 Å². The number of nitrogens with zero attached hydrogens (tertiary/aromatic N) is 4. The van der Waals surface area contributed by atoms with Crippen LogP contribution in [0.5, 0.6) is 0 Å². The molecule has 0 saturated carbocycles. The summed E-state index contributed by atoms with van der Waals surface area (Å²) in [5.41, 5.74) is 0.101. The van der Waals surface area contributed by atoms with E-state index in [4.69, 9.17) is 0 Å². The monoisotopic (exact) mass is 281 g/mol. The third-order valence-corrected chi connectivity index (χ3v) is 2.96. The van der Waals surface area contributed by atoms with Crippen molar-refractivity contribution in [3.63, 3.8) is 0 Å². The van der Waals surface area contributed by atoms with Gasteiger partial charge in [0.05, 0.1) is 0 Å². The van der Waals surface area contributed by atoms with Crippen molar-refractivity contribution in [3.05, 3.63) is 62.6 Å². The van der Waals surface area contributed by atoms with E-state index >= 15 is 0 Å². The molecule has 0 spiro atoms. The van der Waals surface area contributed by atoms with Crippen LogP contribution in [0.15, 0.2) is 39.9 Å². The summed E-state index contributed by atoms with van der Waals surface area (Å²) >= 11 is 0. The Bertz CT molecular complexity index is 941. The number of aromatic amines is 1. The first kappa shape index (κ1) is 12.9. The Labute approximate surface area is 118 Å². The van der Waals surface area contributed by atoms with Gasteiger partial charge < -0.3 is 0 Å². The second-order valence-electron chi connectivity index (χ2n) is 4.41. The van der Waals surface area contributed by atoms with Gasteiger partial charge in [-0.1, -0.05) is 36.4 Å². The quantitative estimate of drug-likeness (QED) is 0.741. The van der Waals surface area contributed by atoms with E-state index in [0.29, 0.717) is 5.82 Å². The first-order valence-electron chi connectivity index (χ1n) is 6.22. The molecule has 0 bridgehead atoms. The van der Waals surface area contributed by atoms with Gasteiger partial charge in [0.25, 0.3) is 5.56 Å². The fourth-order valence-electron chi connectivity index (χ4n) is 1.81. The van der Waals surface area contributed by atoms with Crippen LogP contribution in [0.3, 0.4) is 0 Å². The molecule has 0 aliphatic carbocycles. The molecule has 0 aliphatic rings. The van der Waals surface area contributed by atoms with E-state index in [0.717, 1.165) is 10.1 Å². The van der Waals surface area contributed by atoms with Gasteiger partial charge in [-0.2, -0.15) is 0 Å². The van der Waals surface area contributed by atoms with Gasteiger partial charge in [-0.25, -0.2) is 9.78 Å². The Morgan fingerprint density at radius 3 is 2.62 bits per heavy atom. The predicted molar refractivity (Wildman–Crippen MR) is 78.6 cm³/mol. The molecule has 0 saturated heterocycles. The van der Waals surface area contributed by atoms with Crippen LogP contribution in [0.2, 0.25) is 0 Å². The highest BCUT2D eigenvalue weighted by Gasteiger charge is 2.08. The normalized spacial score (nSPS) is 11.3. The highest BCUT2D eigenvalue weighted by molar-refractivity contribution is 5.71. The van der Waals surface area contributed by atoms with Gasteiger partial charge >= 0.3 is 5.69 Å². The van der Waals surface area contributed by atoms with Crippen molar-refractivity contribution in [1.82, 2.24) is 24.7 Å². The van der Waals surface area contributed by atoms with E-state index in [1.807, 2.05) is 36.4 Å². The summed E-state index contributed by atoms with van der Waals surface area (Å²) in [7, 11) is 1.38. The van der Waals surface area contributed by atoms with Crippen LogP contribution in [-0.2, 0) is 7.05 Å². The number of aromatic nitrogens is 5. The summed E-state index contributed by atoms with van der Waals surface area (Å²) < 4.78 is 0.946. The van der Waals surface area contributed by atoms with E-state index in [-0.39, 0.29) is 11.2 Å². The second-order valence-corrected chi connectivity index (χ2v) is 4.41. The number of hydrogen-bond acceptors (Lipinski definition) is 5. The van der Waals surface area contributed by atoms with Crippen molar-refractivity contribution < 1.29 is 0 Å². The molecule has 3 aromatic rings. The van der Waals surface area contributed by atoms with Crippen LogP contribution < -0.4 is 11.2 Å². The lowest BCUT2D eigenvalue weighted by Crippen LogP contribution is -2.33. The van der Waals surface area contributed by atoms with Crippen molar-refractivity contribution in [1.29, 1.82) is 0 Å². The number of nitrogens with one attached hydrogen (secondary N) is 1. The average molecular weight is 281 g/mol. The Hall–Kier alpha value is -3.09. The van der Waals surface area contributed by atoms with Gasteiger partial charge in [-0.15, -0.1) is 10.2 Å². The summed E-state index contributed by atoms with van der Waals surface area (Å²) in [4.78, 5) is 30.0. The lowest BCUT2D eigenvalue weighted by molar-refractivity contribution is 0.780. The summed E-state index contributed by atoms with van der Waals surface area (Å²) in [6.45, 7) is 0. The van der Waals surface area contributed by atoms with E-state index in [9.17, 15) is 9.59 Å². The Morgan fingerprint density at radius 1 is 1.10 bits per heavy atom. The highest BCUT2D eigenvalue weighted by atomic mass is 16.2. The lowest BCUT2D eigenvalue weighted by atomic mass is 10.2. The van der Waals surface area contributed by atoms with Gasteiger partial charge in [0.2, 0.25) is 0 Å². The van der Waals surface area contributed by atoms with Gasteiger partial charge in [0.15, 0.2) is 17.0 Å². The highest BCUT2D eigenvalue weighted by Crippen LogP contribution is 2.05. The first-order valence-corrected chi connectivity index (χ1v) is 6.22. The van der Waals surface area contributed by atoms with Gasteiger partial charge in [0.1, 0.15) is 0 Å². The molecular formula is C14H11N5O2. The molecule has 2 heterocycles. The van der Waals surface area contributed by atoms with Crippen LogP contribution >= 0.6 is 0 Å². The maximum absolute atomic E-state index is 12.0. The molecule has 3 rings (SSSR count). The van der Waals surface area contributed by atoms with Crippen molar-refractivity contribution in [2.45, 2.75) is 0 Å². The molecule has 1 N–H and O–H groups in total. The lowest BCUT2D eigenvalue weighted by Gasteiger charge is -1.99. The third kappa shape index (κ3) is 2.48. The van der Waals surface area contributed by atoms with Crippen molar-refractivity contribution in [3.8, 4) is 0 Å². The van der Waals surface area contributed by atoms with E-state index in [1.54, 1.807) is 6.08 Å². The zero-order valence-electron chi connectivity index (χ0n) is 11.1. The van der Waals surface area contributed by atoms with Crippen LogP contribution in [0.4, 0.5) is 0 Å². The van der Waals surface area contributed by atoms with E-state index in [1.165, 1.54) is 7.05 Å². The zero-order valence-corrected chi connectivity index (χ0v) is 11.1. The van der Waals surface area contributed by atoms with E-state index < -0.39 is 11.2 Å². The van der Waals surface area contributed by atoms with Crippen LogP contribution in [0.1, 0.15) is 11.4 Å². The molecule has 104 valence electrons. The van der Waals surface area contributed by atoms with E-state index in [2.05, 4.69) is 20.2 Å². The van der Waals surface area contributed by atoms with Gasteiger partial charge in [0, 0.05) is 7.05 Å². The fraction of sp³-hybridized carbons (Fsp3) is 0.0714. The molecule has 2 aromatic heterocycles. The molecule has 0 amide bonds. The van der Waals surface area contributed by atoms with Gasteiger partial charge in [-0.3, -0.25) is 14.3 Å². The van der Waals surface area contributed by atoms with Crippen LogP contribution in [0.25, 0.3) is 23.3 Å². The van der Waals surface area contributed by atoms with Gasteiger partial charge in [-0.05, 0) is 11.6 Å². The Balaban J connectivity index is 2.08. The molecule has 21 heavy (non-hydrogen) atoms. The zero-order chi connectivity index (χ0) is 14.8. The summed E-state index contributed by atoms with van der Waals surface area (Å²) in [6, 6.07) is 9.62. The maximum Gasteiger partial charge on any atom is 0.329 e. The SMILES string of the molecule is Cn1c(=O)[nH]c2nnc(/C=C/c3ccccc3)nc2c1=O. The first-order chi connectivity index (χ1) is 10.1. The van der Waals surface area contributed by atoms with Crippen LogP contribution in [-0.4, -0.2) is 24.7 Å². The summed E-state index contributed by atoms with van der Waals surface area (Å²) in [5.74, 6) is 0.301. The molecule has 7 heteroatoms. The second kappa shape index (κ2) is 5.12. The smallest absolute Gasteiger partial charge is 0.288 e.